The van der Waals surface area contributed by atoms with Crippen molar-refractivity contribution in [3.05, 3.63) is 53.6 Å². The maximum absolute atomic E-state index is 5.57. The smallest absolute Gasteiger partial charge is 0.108 e. The topological polar surface area (TPSA) is 43.8 Å². The maximum Gasteiger partial charge on any atom is 0.108 e. The monoisotopic (exact) mass is 215 g/mol. The standard InChI is InChI=1S/C13H17N3/c1-2-13-15-7-8-16(13)10-12-5-3-11(9-14)4-6-12/h3-8H,2,9-10,14H2,1H3. The maximum atomic E-state index is 5.57. The summed E-state index contributed by atoms with van der Waals surface area (Å²) in [6.45, 7) is 3.61. The van der Waals surface area contributed by atoms with Crippen molar-refractivity contribution >= 4 is 0 Å². The Morgan fingerprint density at radius 3 is 2.50 bits per heavy atom. The molecule has 0 spiro atoms. The lowest BCUT2D eigenvalue weighted by Gasteiger charge is -2.07. The van der Waals surface area contributed by atoms with E-state index in [-0.39, 0.29) is 0 Å². The molecule has 0 aliphatic heterocycles. The predicted molar refractivity (Wildman–Crippen MR) is 65.0 cm³/mol. The molecule has 2 rings (SSSR count). The van der Waals surface area contributed by atoms with E-state index in [0.29, 0.717) is 6.54 Å². The molecular formula is C13H17N3. The zero-order valence-corrected chi connectivity index (χ0v) is 9.56. The second-order valence-electron chi connectivity index (χ2n) is 3.85. The molecule has 1 aromatic carbocycles. The van der Waals surface area contributed by atoms with Gasteiger partial charge in [0.15, 0.2) is 0 Å². The lowest BCUT2D eigenvalue weighted by Crippen LogP contribution is -2.03. The number of hydrogen-bond donors (Lipinski definition) is 1. The van der Waals surface area contributed by atoms with Gasteiger partial charge in [-0.3, -0.25) is 0 Å². The Bertz CT molecular complexity index is 442. The highest BCUT2D eigenvalue weighted by Gasteiger charge is 2.00. The van der Waals surface area contributed by atoms with E-state index in [4.69, 9.17) is 5.73 Å². The summed E-state index contributed by atoms with van der Waals surface area (Å²) in [6.07, 6.45) is 4.84. The van der Waals surface area contributed by atoms with E-state index in [2.05, 4.69) is 40.7 Å². The van der Waals surface area contributed by atoms with Gasteiger partial charge in [-0.05, 0) is 11.1 Å². The van der Waals surface area contributed by atoms with E-state index in [1.807, 2.05) is 12.4 Å². The van der Waals surface area contributed by atoms with Crippen LogP contribution >= 0.6 is 0 Å². The lowest BCUT2D eigenvalue weighted by atomic mass is 10.1. The van der Waals surface area contributed by atoms with Gasteiger partial charge in [-0.25, -0.2) is 4.98 Å². The molecule has 84 valence electrons. The minimum atomic E-state index is 0.603. The molecule has 0 saturated carbocycles. The number of benzene rings is 1. The Balaban J connectivity index is 2.14. The van der Waals surface area contributed by atoms with Crippen LogP contribution in [0.15, 0.2) is 36.7 Å². The number of hydrogen-bond acceptors (Lipinski definition) is 2. The normalized spacial score (nSPS) is 10.6. The van der Waals surface area contributed by atoms with E-state index in [1.165, 1.54) is 11.1 Å². The third kappa shape index (κ3) is 2.31. The van der Waals surface area contributed by atoms with Crippen LogP contribution in [0.3, 0.4) is 0 Å². The summed E-state index contributed by atoms with van der Waals surface area (Å²) in [4.78, 5) is 4.31. The summed E-state index contributed by atoms with van der Waals surface area (Å²) >= 11 is 0. The molecule has 0 bridgehead atoms. The molecule has 0 aliphatic carbocycles. The first-order valence-electron chi connectivity index (χ1n) is 5.61. The van der Waals surface area contributed by atoms with Gasteiger partial charge in [-0.2, -0.15) is 0 Å². The number of rotatable bonds is 4. The third-order valence-corrected chi connectivity index (χ3v) is 2.73. The van der Waals surface area contributed by atoms with Crippen LogP contribution in [0.25, 0.3) is 0 Å². The van der Waals surface area contributed by atoms with Crippen molar-refractivity contribution in [2.24, 2.45) is 5.73 Å². The summed E-state index contributed by atoms with van der Waals surface area (Å²) < 4.78 is 2.18. The van der Waals surface area contributed by atoms with Crippen LogP contribution in [0.1, 0.15) is 23.9 Å². The largest absolute Gasteiger partial charge is 0.331 e. The molecule has 1 aromatic heterocycles. The van der Waals surface area contributed by atoms with E-state index < -0.39 is 0 Å². The fourth-order valence-electron chi connectivity index (χ4n) is 1.78. The highest BCUT2D eigenvalue weighted by atomic mass is 15.1. The molecule has 1 heterocycles. The number of nitrogens with zero attached hydrogens (tertiary/aromatic N) is 2. The molecule has 0 atom stereocenters. The fourth-order valence-corrected chi connectivity index (χ4v) is 1.78. The molecule has 0 amide bonds. The van der Waals surface area contributed by atoms with Crippen LogP contribution in [0.4, 0.5) is 0 Å². The van der Waals surface area contributed by atoms with Gasteiger partial charge in [0.1, 0.15) is 5.82 Å². The Morgan fingerprint density at radius 1 is 1.19 bits per heavy atom. The number of nitrogens with two attached hydrogens (primary N) is 1. The van der Waals surface area contributed by atoms with E-state index in [0.717, 1.165) is 18.8 Å². The third-order valence-electron chi connectivity index (χ3n) is 2.73. The predicted octanol–water partition coefficient (Wildman–Crippen LogP) is 1.95. The van der Waals surface area contributed by atoms with Crippen LogP contribution in [0, 0.1) is 0 Å². The van der Waals surface area contributed by atoms with Crippen LogP contribution in [-0.4, -0.2) is 9.55 Å². The van der Waals surface area contributed by atoms with Gasteiger partial charge in [-0.15, -0.1) is 0 Å². The number of aromatic nitrogens is 2. The van der Waals surface area contributed by atoms with Gasteiger partial charge < -0.3 is 10.3 Å². The van der Waals surface area contributed by atoms with Crippen LogP contribution < -0.4 is 5.73 Å². The van der Waals surface area contributed by atoms with Gasteiger partial charge in [0.25, 0.3) is 0 Å². The zero-order chi connectivity index (χ0) is 11.4. The highest BCUT2D eigenvalue weighted by molar-refractivity contribution is 5.22. The van der Waals surface area contributed by atoms with Crippen LogP contribution in [0.5, 0.6) is 0 Å². The number of imidazole rings is 1. The summed E-state index contributed by atoms with van der Waals surface area (Å²) in [5.74, 6) is 1.13. The first-order chi connectivity index (χ1) is 7.83. The van der Waals surface area contributed by atoms with Gasteiger partial charge >= 0.3 is 0 Å². The summed E-state index contributed by atoms with van der Waals surface area (Å²) in [7, 11) is 0. The molecule has 0 radical (unpaired) electrons. The van der Waals surface area contributed by atoms with Crippen molar-refractivity contribution in [3.63, 3.8) is 0 Å². The summed E-state index contributed by atoms with van der Waals surface area (Å²) in [6, 6.07) is 8.42. The molecular weight excluding hydrogens is 198 g/mol. The van der Waals surface area contributed by atoms with Gasteiger partial charge in [0.2, 0.25) is 0 Å². The van der Waals surface area contributed by atoms with E-state index in [9.17, 15) is 0 Å². The van der Waals surface area contributed by atoms with Crippen molar-refractivity contribution in [1.82, 2.24) is 9.55 Å². The van der Waals surface area contributed by atoms with Gasteiger partial charge in [-0.1, -0.05) is 31.2 Å². The Labute approximate surface area is 95.9 Å². The molecule has 0 aliphatic rings. The molecule has 16 heavy (non-hydrogen) atoms. The number of aryl methyl sites for hydroxylation is 1. The second-order valence-corrected chi connectivity index (χ2v) is 3.85. The Kier molecular flexibility index (Phi) is 3.37. The van der Waals surface area contributed by atoms with Crippen molar-refractivity contribution in [3.8, 4) is 0 Å². The molecule has 2 aromatic rings. The highest BCUT2D eigenvalue weighted by Crippen LogP contribution is 2.08. The van der Waals surface area contributed by atoms with E-state index in [1.54, 1.807) is 0 Å². The Hall–Kier alpha value is -1.61. The minimum Gasteiger partial charge on any atom is -0.331 e. The van der Waals surface area contributed by atoms with Gasteiger partial charge in [0.05, 0.1) is 0 Å². The molecule has 2 N–H and O–H groups in total. The first-order valence-corrected chi connectivity index (χ1v) is 5.61. The summed E-state index contributed by atoms with van der Waals surface area (Å²) in [5.41, 5.74) is 8.02. The molecule has 0 unspecified atom stereocenters. The molecule has 0 fully saturated rings. The minimum absolute atomic E-state index is 0.603. The average molecular weight is 215 g/mol. The lowest BCUT2D eigenvalue weighted by molar-refractivity contribution is 0.732. The molecule has 0 saturated heterocycles. The second kappa shape index (κ2) is 4.94. The summed E-state index contributed by atoms with van der Waals surface area (Å²) in [5, 5.41) is 0. The van der Waals surface area contributed by atoms with Crippen LogP contribution in [-0.2, 0) is 19.5 Å². The fraction of sp³-hybridized carbons (Fsp3) is 0.308. The quantitative estimate of drug-likeness (QED) is 0.847. The first kappa shape index (κ1) is 10.9. The van der Waals surface area contributed by atoms with E-state index >= 15 is 0 Å². The zero-order valence-electron chi connectivity index (χ0n) is 9.56. The van der Waals surface area contributed by atoms with Crippen LogP contribution in [0.2, 0.25) is 0 Å². The van der Waals surface area contributed by atoms with Crippen molar-refractivity contribution < 1.29 is 0 Å². The molecule has 3 heteroatoms. The van der Waals surface area contributed by atoms with Crippen molar-refractivity contribution in [2.75, 3.05) is 0 Å². The SMILES string of the molecule is CCc1nccn1Cc1ccc(CN)cc1. The van der Waals surface area contributed by atoms with Crippen molar-refractivity contribution in [1.29, 1.82) is 0 Å². The van der Waals surface area contributed by atoms with Gasteiger partial charge in [0, 0.05) is 31.9 Å². The van der Waals surface area contributed by atoms with Crippen molar-refractivity contribution in [2.45, 2.75) is 26.4 Å². The Morgan fingerprint density at radius 2 is 1.88 bits per heavy atom. The molecule has 3 nitrogen and oxygen atoms in total. The average Bonchev–Trinajstić information content (AvgIpc) is 2.77.